The SMILES string of the molecule is OCc1cccc(-c2nc(-c3cc(Nc4ccccc4)ccc3F)cc(N3CCOCC3)n2)c1. The van der Waals surface area contributed by atoms with Crippen molar-refractivity contribution in [2.45, 2.75) is 6.61 Å². The number of benzene rings is 3. The van der Waals surface area contributed by atoms with Crippen LogP contribution in [0.4, 0.5) is 21.6 Å². The van der Waals surface area contributed by atoms with Crippen molar-refractivity contribution >= 4 is 17.2 Å². The fourth-order valence-electron chi connectivity index (χ4n) is 3.95. The van der Waals surface area contributed by atoms with Gasteiger partial charge in [0, 0.05) is 41.7 Å². The first-order chi connectivity index (χ1) is 16.7. The minimum Gasteiger partial charge on any atom is -0.392 e. The molecule has 172 valence electrons. The lowest BCUT2D eigenvalue weighted by Gasteiger charge is -2.28. The predicted octanol–water partition coefficient (Wildman–Crippen LogP) is 5.02. The van der Waals surface area contributed by atoms with Crippen molar-refractivity contribution in [3.63, 3.8) is 0 Å². The van der Waals surface area contributed by atoms with Gasteiger partial charge in [-0.25, -0.2) is 14.4 Å². The van der Waals surface area contributed by atoms with Gasteiger partial charge in [-0.05, 0) is 42.0 Å². The maximum absolute atomic E-state index is 15.1. The molecule has 0 atom stereocenters. The van der Waals surface area contributed by atoms with Gasteiger partial charge in [0.05, 0.1) is 25.5 Å². The number of para-hydroxylation sites is 1. The first-order valence-corrected chi connectivity index (χ1v) is 11.2. The molecule has 2 N–H and O–H groups in total. The number of hydrogen-bond acceptors (Lipinski definition) is 6. The van der Waals surface area contributed by atoms with Gasteiger partial charge in [-0.1, -0.05) is 36.4 Å². The second-order valence-corrected chi connectivity index (χ2v) is 8.08. The molecule has 4 aromatic rings. The number of anilines is 3. The number of morpholine rings is 1. The highest BCUT2D eigenvalue weighted by atomic mass is 19.1. The molecule has 5 rings (SSSR count). The maximum Gasteiger partial charge on any atom is 0.162 e. The van der Waals surface area contributed by atoms with Gasteiger partial charge >= 0.3 is 0 Å². The number of ether oxygens (including phenoxy) is 1. The average molecular weight is 457 g/mol. The second-order valence-electron chi connectivity index (χ2n) is 8.08. The van der Waals surface area contributed by atoms with E-state index in [0.717, 1.165) is 28.3 Å². The third-order valence-corrected chi connectivity index (χ3v) is 5.72. The number of aliphatic hydroxyl groups is 1. The third-order valence-electron chi connectivity index (χ3n) is 5.72. The molecule has 0 bridgehead atoms. The molecule has 1 aliphatic rings. The molecule has 0 radical (unpaired) electrons. The molecule has 0 saturated carbocycles. The number of nitrogens with zero attached hydrogens (tertiary/aromatic N) is 3. The Hall–Kier alpha value is -3.81. The van der Waals surface area contributed by atoms with Gasteiger partial charge in [-0.3, -0.25) is 0 Å². The van der Waals surface area contributed by atoms with E-state index in [2.05, 4.69) is 10.2 Å². The van der Waals surface area contributed by atoms with Crippen molar-refractivity contribution in [2.24, 2.45) is 0 Å². The lowest BCUT2D eigenvalue weighted by molar-refractivity contribution is 0.122. The summed E-state index contributed by atoms with van der Waals surface area (Å²) in [4.78, 5) is 11.6. The van der Waals surface area contributed by atoms with Gasteiger partial charge in [0.25, 0.3) is 0 Å². The molecule has 6 nitrogen and oxygen atoms in total. The molecule has 1 fully saturated rings. The molecule has 0 amide bonds. The van der Waals surface area contributed by atoms with Gasteiger partial charge in [0.15, 0.2) is 5.82 Å². The van der Waals surface area contributed by atoms with Crippen LogP contribution in [0.3, 0.4) is 0 Å². The van der Waals surface area contributed by atoms with Gasteiger partial charge in [0.2, 0.25) is 0 Å². The van der Waals surface area contributed by atoms with Crippen LogP contribution >= 0.6 is 0 Å². The summed E-state index contributed by atoms with van der Waals surface area (Å²) in [6, 6.07) is 23.9. The average Bonchev–Trinajstić information content (AvgIpc) is 2.90. The van der Waals surface area contributed by atoms with E-state index in [4.69, 9.17) is 14.7 Å². The van der Waals surface area contributed by atoms with Crippen LogP contribution in [0.15, 0.2) is 78.9 Å². The zero-order valence-corrected chi connectivity index (χ0v) is 18.6. The molecule has 1 aliphatic heterocycles. The summed E-state index contributed by atoms with van der Waals surface area (Å²) in [5, 5.41) is 12.9. The van der Waals surface area contributed by atoms with E-state index in [1.807, 2.05) is 60.7 Å². The fraction of sp³-hybridized carbons (Fsp3) is 0.185. The number of halogens is 1. The molecule has 0 spiro atoms. The van der Waals surface area contributed by atoms with Crippen LogP contribution < -0.4 is 10.2 Å². The summed E-state index contributed by atoms with van der Waals surface area (Å²) in [7, 11) is 0. The van der Waals surface area contributed by atoms with E-state index in [1.54, 1.807) is 12.1 Å². The Bertz CT molecular complexity index is 1280. The number of nitrogens with one attached hydrogen (secondary N) is 1. The Morgan fingerprint density at radius 2 is 1.71 bits per heavy atom. The monoisotopic (exact) mass is 456 g/mol. The van der Waals surface area contributed by atoms with Gasteiger partial charge in [-0.2, -0.15) is 0 Å². The predicted molar refractivity (Wildman–Crippen MR) is 132 cm³/mol. The van der Waals surface area contributed by atoms with Crippen molar-refractivity contribution in [2.75, 3.05) is 36.5 Å². The Morgan fingerprint density at radius 3 is 2.50 bits per heavy atom. The Balaban J connectivity index is 1.59. The summed E-state index contributed by atoms with van der Waals surface area (Å²) < 4.78 is 20.6. The lowest BCUT2D eigenvalue weighted by atomic mass is 10.1. The van der Waals surface area contributed by atoms with Crippen LogP contribution in [0.5, 0.6) is 0 Å². The van der Waals surface area contributed by atoms with Crippen LogP contribution in [0.2, 0.25) is 0 Å². The Labute approximate surface area is 197 Å². The minimum absolute atomic E-state index is 0.0777. The van der Waals surface area contributed by atoms with Crippen LogP contribution in [0, 0.1) is 5.82 Å². The van der Waals surface area contributed by atoms with Crippen molar-refractivity contribution in [3.05, 3.63) is 90.2 Å². The largest absolute Gasteiger partial charge is 0.392 e. The summed E-state index contributed by atoms with van der Waals surface area (Å²) in [6.45, 7) is 2.54. The molecule has 3 aromatic carbocycles. The van der Waals surface area contributed by atoms with Crippen LogP contribution in [-0.4, -0.2) is 41.4 Å². The van der Waals surface area contributed by atoms with Gasteiger partial charge < -0.3 is 20.1 Å². The molecular formula is C27H25FN4O2. The van der Waals surface area contributed by atoms with Crippen molar-refractivity contribution in [3.8, 4) is 22.6 Å². The first-order valence-electron chi connectivity index (χ1n) is 11.2. The number of hydrogen-bond donors (Lipinski definition) is 2. The standard InChI is InChI=1S/C27H25FN4O2/c28-24-10-9-22(29-21-7-2-1-3-8-21)16-23(24)25-17-26(32-11-13-34-14-12-32)31-27(30-25)20-6-4-5-19(15-20)18-33/h1-10,15-17,29,33H,11-14,18H2. The van der Waals surface area contributed by atoms with E-state index in [-0.39, 0.29) is 12.4 Å². The van der Waals surface area contributed by atoms with E-state index in [1.165, 1.54) is 6.07 Å². The number of aromatic nitrogens is 2. The molecule has 1 saturated heterocycles. The van der Waals surface area contributed by atoms with Crippen LogP contribution in [-0.2, 0) is 11.3 Å². The zero-order valence-electron chi connectivity index (χ0n) is 18.6. The number of rotatable bonds is 6. The third kappa shape index (κ3) is 4.90. The molecule has 7 heteroatoms. The summed E-state index contributed by atoms with van der Waals surface area (Å²) in [5.74, 6) is 0.842. The van der Waals surface area contributed by atoms with E-state index in [9.17, 15) is 5.11 Å². The topological polar surface area (TPSA) is 70.5 Å². The molecule has 2 heterocycles. The smallest absolute Gasteiger partial charge is 0.162 e. The fourth-order valence-corrected chi connectivity index (χ4v) is 3.95. The summed E-state index contributed by atoms with van der Waals surface area (Å²) in [6.07, 6.45) is 0. The van der Waals surface area contributed by atoms with E-state index >= 15 is 4.39 Å². The molecule has 34 heavy (non-hydrogen) atoms. The highest BCUT2D eigenvalue weighted by molar-refractivity contribution is 5.73. The van der Waals surface area contributed by atoms with Gasteiger partial charge in [-0.15, -0.1) is 0 Å². The highest BCUT2D eigenvalue weighted by Gasteiger charge is 2.18. The lowest BCUT2D eigenvalue weighted by Crippen LogP contribution is -2.36. The Kier molecular flexibility index (Phi) is 6.46. The van der Waals surface area contributed by atoms with Crippen LogP contribution in [0.25, 0.3) is 22.6 Å². The quantitative estimate of drug-likeness (QED) is 0.425. The normalized spacial score (nSPS) is 13.6. The maximum atomic E-state index is 15.1. The second kappa shape index (κ2) is 9.99. The summed E-state index contributed by atoms with van der Waals surface area (Å²) >= 11 is 0. The van der Waals surface area contributed by atoms with Crippen LogP contribution in [0.1, 0.15) is 5.56 Å². The van der Waals surface area contributed by atoms with Crippen molar-refractivity contribution in [1.82, 2.24) is 9.97 Å². The minimum atomic E-state index is -0.361. The van der Waals surface area contributed by atoms with Crippen molar-refractivity contribution in [1.29, 1.82) is 0 Å². The summed E-state index contributed by atoms with van der Waals surface area (Å²) in [5.41, 5.74) is 4.09. The molecule has 0 unspecified atom stereocenters. The molecular weight excluding hydrogens is 431 g/mol. The zero-order chi connectivity index (χ0) is 23.3. The van der Waals surface area contributed by atoms with Crippen molar-refractivity contribution < 1.29 is 14.2 Å². The Morgan fingerprint density at radius 1 is 0.882 bits per heavy atom. The molecule has 1 aromatic heterocycles. The van der Waals surface area contributed by atoms with E-state index in [0.29, 0.717) is 43.4 Å². The first kappa shape index (κ1) is 22.0. The highest BCUT2D eigenvalue weighted by Crippen LogP contribution is 2.31. The van der Waals surface area contributed by atoms with E-state index < -0.39 is 0 Å². The molecule has 0 aliphatic carbocycles. The number of aliphatic hydroxyl groups excluding tert-OH is 1. The van der Waals surface area contributed by atoms with Gasteiger partial charge in [0.1, 0.15) is 11.6 Å².